The molecule has 0 heterocycles. The molecule has 0 aliphatic rings. The number of rotatable bonds is 25. The number of aliphatic imine (C=N–C) groups is 4. The number of phenolic OH excluding ortho intramolecular Hbond substituents is 4. The lowest BCUT2D eigenvalue weighted by molar-refractivity contribution is -0.304. The SMILES string of the molecule is CCC(CO)(CO)N=C/C=C/c1cc(C)c(O)c(OC)c1.COc1cc(/C=C/C=NC(CO)(CO)CO)cc(C)c1O.COc1cc(/C=C/C=NCC(=O)[O-])cc(C)c1O.COc1cc(/C=C/C=NCC(=O)[O-])cc(OC)c1O.[CH3+].[CH3+]. The highest BCUT2D eigenvalue weighted by molar-refractivity contribution is 5.82. The van der Waals surface area contributed by atoms with Crippen molar-refractivity contribution >= 4 is 61.1 Å². The number of carbonyl (C=O) groups excluding carboxylic acids is 2. The number of carbonyl (C=O) groups is 2. The summed E-state index contributed by atoms with van der Waals surface area (Å²) < 4.78 is 25.2. The minimum atomic E-state index is -1.27. The molecule has 22 heteroatoms. The molecule has 22 nitrogen and oxygen atoms in total. The number of hydrogen-bond donors (Lipinski definition) is 9. The first-order chi connectivity index (χ1) is 37.6. The number of aliphatic hydroxyl groups is 5. The summed E-state index contributed by atoms with van der Waals surface area (Å²) in [7, 11) is 7.32. The lowest BCUT2D eigenvalue weighted by atomic mass is 10.00. The molecule has 0 aromatic heterocycles. The van der Waals surface area contributed by atoms with E-state index in [1.54, 1.807) is 112 Å². The van der Waals surface area contributed by atoms with E-state index in [9.17, 15) is 50.4 Å². The van der Waals surface area contributed by atoms with Gasteiger partial charge in [-0.15, -0.1) is 0 Å². The molecule has 0 aliphatic carbocycles. The van der Waals surface area contributed by atoms with Crippen molar-refractivity contribution in [1.82, 2.24) is 0 Å². The molecule has 0 bridgehead atoms. The zero-order valence-corrected chi connectivity index (χ0v) is 47.7. The van der Waals surface area contributed by atoms with Crippen molar-refractivity contribution in [3.8, 4) is 51.7 Å². The van der Waals surface area contributed by atoms with E-state index in [1.807, 2.05) is 19.1 Å². The Kier molecular flexibility index (Phi) is 36.3. The molecule has 0 amide bonds. The maximum Gasteiger partial charge on any atom is 0.200 e. The van der Waals surface area contributed by atoms with Gasteiger partial charge in [-0.1, -0.05) is 31.2 Å². The Hall–Kier alpha value is -8.80. The Morgan fingerprint density at radius 3 is 0.938 bits per heavy atom. The van der Waals surface area contributed by atoms with Crippen molar-refractivity contribution in [3.63, 3.8) is 0 Å². The number of aliphatic hydroxyl groups excluding tert-OH is 5. The van der Waals surface area contributed by atoms with E-state index in [1.165, 1.54) is 54.2 Å². The van der Waals surface area contributed by atoms with Crippen LogP contribution in [0.3, 0.4) is 0 Å². The maximum atomic E-state index is 10.1. The first kappa shape index (κ1) is 74.3. The highest BCUT2D eigenvalue weighted by Gasteiger charge is 2.26. The molecular weight excluding hydrogens is 1050 g/mol. The Morgan fingerprint density at radius 2 is 0.691 bits per heavy atom. The number of carboxylic acid groups (broad SMARTS) is 2. The third-order valence-electron chi connectivity index (χ3n) is 11.0. The van der Waals surface area contributed by atoms with Crippen LogP contribution < -0.4 is 33.9 Å². The molecular formula is C59H78N4O18. The highest BCUT2D eigenvalue weighted by Crippen LogP contribution is 2.38. The third kappa shape index (κ3) is 25.7. The van der Waals surface area contributed by atoms with Gasteiger partial charge in [0.05, 0.1) is 93.6 Å². The smallest absolute Gasteiger partial charge is 0.200 e. The van der Waals surface area contributed by atoms with Crippen molar-refractivity contribution in [2.45, 2.75) is 45.2 Å². The van der Waals surface area contributed by atoms with Crippen LogP contribution in [0.15, 0.2) is 92.8 Å². The van der Waals surface area contributed by atoms with E-state index in [0.717, 1.165) is 22.3 Å². The van der Waals surface area contributed by atoms with Crippen LogP contribution in [-0.2, 0) is 9.59 Å². The number of aryl methyl sites for hydroxylation is 3. The monoisotopic (exact) mass is 1130 g/mol. The normalized spacial score (nSPS) is 11.5. The van der Waals surface area contributed by atoms with E-state index in [0.29, 0.717) is 40.4 Å². The average Bonchev–Trinajstić information content (AvgIpc) is 3.44. The van der Waals surface area contributed by atoms with Crippen molar-refractivity contribution in [3.05, 3.63) is 127 Å². The lowest BCUT2D eigenvalue weighted by Gasteiger charge is -2.22. The minimum Gasteiger partial charge on any atom is -0.548 e. The molecule has 0 unspecified atom stereocenters. The number of allylic oxidation sites excluding steroid dienone is 4. The van der Waals surface area contributed by atoms with E-state index in [2.05, 4.69) is 20.0 Å². The van der Waals surface area contributed by atoms with Crippen LogP contribution >= 0.6 is 0 Å². The molecule has 4 aromatic carbocycles. The zero-order valence-electron chi connectivity index (χ0n) is 47.7. The summed E-state index contributed by atoms with van der Waals surface area (Å²) in [5, 5.41) is 105. The van der Waals surface area contributed by atoms with Crippen molar-refractivity contribution in [2.75, 3.05) is 81.7 Å². The van der Waals surface area contributed by atoms with Gasteiger partial charge in [0.2, 0.25) is 5.75 Å². The van der Waals surface area contributed by atoms with Crippen LogP contribution in [0.4, 0.5) is 0 Å². The largest absolute Gasteiger partial charge is 0.548 e. The van der Waals surface area contributed by atoms with Crippen LogP contribution in [-0.4, -0.2) is 176 Å². The van der Waals surface area contributed by atoms with E-state index >= 15 is 0 Å². The van der Waals surface area contributed by atoms with Gasteiger partial charge in [-0.05, 0) is 139 Å². The van der Waals surface area contributed by atoms with Crippen LogP contribution in [0.1, 0.15) is 52.3 Å². The van der Waals surface area contributed by atoms with Gasteiger partial charge in [-0.25, -0.2) is 0 Å². The number of aromatic hydroxyl groups is 4. The predicted molar refractivity (Wildman–Crippen MR) is 313 cm³/mol. The van der Waals surface area contributed by atoms with Gasteiger partial charge in [0.1, 0.15) is 11.1 Å². The second-order valence-corrected chi connectivity index (χ2v) is 16.7. The summed E-state index contributed by atoms with van der Waals surface area (Å²) in [6, 6.07) is 13.7. The number of nitrogens with zero attached hydrogens (tertiary/aromatic N) is 4. The Morgan fingerprint density at radius 1 is 0.444 bits per heavy atom. The Labute approximate surface area is 474 Å². The second kappa shape index (κ2) is 39.5. The highest BCUT2D eigenvalue weighted by atomic mass is 16.5. The summed E-state index contributed by atoms with van der Waals surface area (Å²) in [5.74, 6) is -0.440. The molecule has 0 fully saturated rings. The summed E-state index contributed by atoms with van der Waals surface area (Å²) in [6.07, 6.45) is 19.7. The zero-order chi connectivity index (χ0) is 59.6. The number of hydrogen-bond acceptors (Lipinski definition) is 22. The Bertz CT molecular complexity index is 2660. The summed E-state index contributed by atoms with van der Waals surface area (Å²) >= 11 is 0. The van der Waals surface area contributed by atoms with Crippen LogP contribution in [0.5, 0.6) is 51.7 Å². The fourth-order valence-corrected chi connectivity index (χ4v) is 6.20. The van der Waals surface area contributed by atoms with Gasteiger partial charge in [0.15, 0.2) is 46.0 Å². The molecule has 0 aliphatic heterocycles. The Balaban J connectivity index is 0. The van der Waals surface area contributed by atoms with Gasteiger partial charge in [-0.2, -0.15) is 0 Å². The number of aliphatic carboxylic acids is 2. The fraction of sp³-hybridized carbons (Fsp3) is 0.322. The van der Waals surface area contributed by atoms with Gasteiger partial charge in [0, 0.05) is 39.7 Å². The molecule has 4 aromatic rings. The first-order valence-electron chi connectivity index (χ1n) is 23.9. The molecule has 0 saturated heterocycles. The van der Waals surface area contributed by atoms with Gasteiger partial charge >= 0.3 is 0 Å². The van der Waals surface area contributed by atoms with Crippen molar-refractivity contribution in [1.29, 1.82) is 0 Å². The number of benzene rings is 4. The first-order valence-corrected chi connectivity index (χ1v) is 23.9. The van der Waals surface area contributed by atoms with E-state index < -0.39 is 42.8 Å². The lowest BCUT2D eigenvalue weighted by Crippen LogP contribution is -2.39. The maximum absolute atomic E-state index is 10.1. The molecule has 0 spiro atoms. The molecule has 0 radical (unpaired) electrons. The minimum absolute atomic E-state index is 0. The average molecular weight is 1130 g/mol. The topological polar surface area (TPSA) is 358 Å². The quantitative estimate of drug-likeness (QED) is 0.0333. The van der Waals surface area contributed by atoms with Gasteiger partial charge in [0.25, 0.3) is 0 Å². The summed E-state index contributed by atoms with van der Waals surface area (Å²) in [5.41, 5.74) is 3.20. The number of phenols is 4. The van der Waals surface area contributed by atoms with Crippen LogP contribution in [0.2, 0.25) is 0 Å². The summed E-state index contributed by atoms with van der Waals surface area (Å²) in [6.45, 7) is 4.70. The predicted octanol–water partition coefficient (Wildman–Crippen LogP) is 4.12. The van der Waals surface area contributed by atoms with Crippen LogP contribution in [0.25, 0.3) is 24.3 Å². The van der Waals surface area contributed by atoms with Gasteiger partial charge in [-0.3, -0.25) is 20.0 Å². The third-order valence-corrected chi connectivity index (χ3v) is 11.0. The molecule has 4 rings (SSSR count). The van der Waals surface area contributed by atoms with Gasteiger partial charge < -0.3 is 89.4 Å². The number of ether oxygens (including phenoxy) is 5. The number of methoxy groups -OCH3 is 5. The molecule has 81 heavy (non-hydrogen) atoms. The van der Waals surface area contributed by atoms with E-state index in [4.69, 9.17) is 39.0 Å². The molecule has 442 valence electrons. The van der Waals surface area contributed by atoms with Crippen molar-refractivity contribution < 1.29 is 89.4 Å². The van der Waals surface area contributed by atoms with Crippen LogP contribution in [0, 0.1) is 35.6 Å². The number of carboxylic acids is 2. The molecule has 0 atom stereocenters. The van der Waals surface area contributed by atoms with E-state index in [-0.39, 0.29) is 75.7 Å². The fourth-order valence-electron chi connectivity index (χ4n) is 6.20. The summed E-state index contributed by atoms with van der Waals surface area (Å²) in [4.78, 5) is 35.6. The molecule has 0 saturated carbocycles. The second-order valence-electron chi connectivity index (χ2n) is 16.7. The standard InChI is InChI=1S/C16H23NO4.C15H21NO5.C13H15NO5.C13H15NO4.2CH3/c1-4-16(10-18,11-19)17-7-5-6-13-8-12(2)15(20)14(9-13)21-3;1-11-6-12(7-13(21-2)14(11)20)4-3-5-16-15(8-17,9-18)10-19;1-18-10-6-9(7-11(19-2)13(10)17)4-3-5-14-8-12(15)16;1-9-6-10(7-11(18-2)13(9)17)4-3-5-14-8-12(15)16;;/h5-9,18-20H,4,10-11H2,1-3H3;3-7,17-20H,8-10H2,1-2H3;3-7,17H,8H2,1-2H3,(H,15,16);3-7,17H,8H2,1-2H3,(H,15,16);2*1H3/q;;;;2*+1/p-2/b6-5+,17-7?;4-3+,16-5?;2*4-3+,14-5?;;. The molecule has 9 N–H and O–H groups in total. The van der Waals surface area contributed by atoms with Crippen molar-refractivity contribution in [2.24, 2.45) is 20.0 Å².